The van der Waals surface area contributed by atoms with Gasteiger partial charge in [0.15, 0.2) is 11.7 Å². The van der Waals surface area contributed by atoms with Gasteiger partial charge in [0.05, 0.1) is 12.2 Å². The molecule has 1 aliphatic rings. The molecule has 1 rings (SSSR count). The molecule has 0 aromatic carbocycles. The van der Waals surface area contributed by atoms with Gasteiger partial charge in [0.2, 0.25) is 0 Å². The lowest BCUT2D eigenvalue weighted by molar-refractivity contribution is -0.196. The minimum atomic E-state index is -2.21. The van der Waals surface area contributed by atoms with Crippen molar-refractivity contribution in [3.8, 4) is 0 Å². The summed E-state index contributed by atoms with van der Waals surface area (Å²) >= 11 is 0. The van der Waals surface area contributed by atoms with Gasteiger partial charge >= 0.3 is 11.9 Å². The number of carbonyl (C=O) groups excluding carboxylic acids is 1. The average Bonchev–Trinajstić information content (AvgIpc) is 2.23. The van der Waals surface area contributed by atoms with Crippen LogP contribution in [0.2, 0.25) is 0 Å². The standard InChI is InChI=1S/C11H16O7/c1-2-3-8(14)18-9-6(12)4-11(17,10(15)16)5-7(9)13/h2-3,6-7,9,12-13,17H,4-5H2,1H3,(H,15,16)/b3-2+/t6-,7-,9-,11+/m1/s1. The SMILES string of the molecule is C/C=C/C(=O)O[C@H]1[C@H](O)C[C@](O)(C(=O)O)C[C@H]1O. The Labute approximate surface area is 103 Å². The molecule has 1 saturated carbocycles. The molecule has 0 bridgehead atoms. The second kappa shape index (κ2) is 5.47. The zero-order chi connectivity index (χ0) is 13.9. The van der Waals surface area contributed by atoms with Crippen LogP contribution in [0.15, 0.2) is 12.2 Å². The lowest BCUT2D eigenvalue weighted by Gasteiger charge is -2.39. The van der Waals surface area contributed by atoms with Crippen molar-refractivity contribution in [1.82, 2.24) is 0 Å². The minimum absolute atomic E-state index is 0.507. The normalized spacial score (nSPS) is 36.6. The number of rotatable bonds is 3. The van der Waals surface area contributed by atoms with E-state index in [4.69, 9.17) is 9.84 Å². The van der Waals surface area contributed by atoms with E-state index in [1.165, 1.54) is 6.08 Å². The van der Waals surface area contributed by atoms with Crippen LogP contribution >= 0.6 is 0 Å². The largest absolute Gasteiger partial charge is 0.479 e. The number of ether oxygens (including phenoxy) is 1. The number of aliphatic carboxylic acids is 1. The zero-order valence-corrected chi connectivity index (χ0v) is 9.81. The van der Waals surface area contributed by atoms with E-state index in [-0.39, 0.29) is 0 Å². The Bertz CT molecular complexity index is 350. The van der Waals surface area contributed by atoms with E-state index in [0.717, 1.165) is 6.08 Å². The van der Waals surface area contributed by atoms with Gasteiger partial charge in [0, 0.05) is 18.9 Å². The van der Waals surface area contributed by atoms with Gasteiger partial charge in [-0.1, -0.05) is 6.08 Å². The second-order valence-corrected chi connectivity index (χ2v) is 4.28. The number of allylic oxidation sites excluding steroid dienone is 1. The molecule has 1 fully saturated rings. The molecule has 102 valence electrons. The van der Waals surface area contributed by atoms with E-state index in [2.05, 4.69) is 0 Å². The monoisotopic (exact) mass is 260 g/mol. The van der Waals surface area contributed by atoms with Crippen molar-refractivity contribution in [3.63, 3.8) is 0 Å². The molecule has 0 spiro atoms. The third-order valence-electron chi connectivity index (χ3n) is 2.81. The highest BCUT2D eigenvalue weighted by atomic mass is 16.6. The molecule has 0 saturated heterocycles. The maximum Gasteiger partial charge on any atom is 0.335 e. The van der Waals surface area contributed by atoms with Crippen LogP contribution in [-0.2, 0) is 14.3 Å². The van der Waals surface area contributed by atoms with Gasteiger partial charge in [-0.2, -0.15) is 0 Å². The van der Waals surface area contributed by atoms with E-state index < -0.39 is 48.7 Å². The van der Waals surface area contributed by atoms with Gasteiger partial charge < -0.3 is 25.2 Å². The lowest BCUT2D eigenvalue weighted by atomic mass is 9.79. The van der Waals surface area contributed by atoms with Crippen molar-refractivity contribution in [2.75, 3.05) is 0 Å². The predicted molar refractivity (Wildman–Crippen MR) is 58.5 cm³/mol. The van der Waals surface area contributed by atoms with Gasteiger partial charge in [-0.3, -0.25) is 0 Å². The highest BCUT2D eigenvalue weighted by molar-refractivity contribution is 5.82. The van der Waals surface area contributed by atoms with Crippen LogP contribution in [0.3, 0.4) is 0 Å². The van der Waals surface area contributed by atoms with Gasteiger partial charge in [-0.15, -0.1) is 0 Å². The zero-order valence-electron chi connectivity index (χ0n) is 9.81. The summed E-state index contributed by atoms with van der Waals surface area (Å²) in [5, 5.41) is 37.8. The lowest BCUT2D eigenvalue weighted by Crippen LogP contribution is -2.57. The molecule has 0 radical (unpaired) electrons. The van der Waals surface area contributed by atoms with Crippen molar-refractivity contribution in [1.29, 1.82) is 0 Å². The molecule has 18 heavy (non-hydrogen) atoms. The minimum Gasteiger partial charge on any atom is -0.479 e. The number of hydrogen-bond donors (Lipinski definition) is 4. The van der Waals surface area contributed by atoms with Crippen LogP contribution in [0.4, 0.5) is 0 Å². The second-order valence-electron chi connectivity index (χ2n) is 4.28. The van der Waals surface area contributed by atoms with Crippen molar-refractivity contribution >= 4 is 11.9 Å². The van der Waals surface area contributed by atoms with Gasteiger partial charge in [0.25, 0.3) is 0 Å². The summed E-state index contributed by atoms with van der Waals surface area (Å²) in [5.41, 5.74) is -2.21. The molecule has 1 aliphatic carbocycles. The summed E-state index contributed by atoms with van der Waals surface area (Å²) in [4.78, 5) is 22.0. The van der Waals surface area contributed by atoms with Crippen LogP contribution in [-0.4, -0.2) is 56.3 Å². The summed E-state index contributed by atoms with van der Waals surface area (Å²) in [7, 11) is 0. The van der Waals surface area contributed by atoms with Gasteiger partial charge in [0.1, 0.15) is 0 Å². The molecule has 0 aliphatic heterocycles. The Kier molecular flexibility index (Phi) is 4.44. The molecule has 0 heterocycles. The number of aliphatic hydroxyl groups is 3. The maximum absolute atomic E-state index is 11.2. The third kappa shape index (κ3) is 3.06. The number of carboxylic acids is 1. The number of carbonyl (C=O) groups is 2. The van der Waals surface area contributed by atoms with E-state index >= 15 is 0 Å². The maximum atomic E-state index is 11.2. The first-order valence-electron chi connectivity index (χ1n) is 5.45. The van der Waals surface area contributed by atoms with Crippen LogP contribution in [0.25, 0.3) is 0 Å². The van der Waals surface area contributed by atoms with Crippen LogP contribution in [0, 0.1) is 0 Å². The Morgan fingerprint density at radius 2 is 1.78 bits per heavy atom. The quantitative estimate of drug-likeness (QED) is 0.371. The smallest absolute Gasteiger partial charge is 0.335 e. The van der Waals surface area contributed by atoms with E-state index in [0.29, 0.717) is 0 Å². The topological polar surface area (TPSA) is 124 Å². The average molecular weight is 260 g/mol. The fraction of sp³-hybridized carbons (Fsp3) is 0.636. The first kappa shape index (κ1) is 14.6. The van der Waals surface area contributed by atoms with Crippen molar-refractivity contribution in [3.05, 3.63) is 12.2 Å². The molecule has 0 amide bonds. The van der Waals surface area contributed by atoms with Crippen molar-refractivity contribution < 1.29 is 34.8 Å². The molecule has 7 nitrogen and oxygen atoms in total. The van der Waals surface area contributed by atoms with Crippen LogP contribution in [0.5, 0.6) is 0 Å². The molecule has 0 aromatic heterocycles. The molecule has 2 atom stereocenters. The molecule has 4 N–H and O–H groups in total. The molecule has 7 heteroatoms. The fourth-order valence-electron chi connectivity index (χ4n) is 1.91. The Morgan fingerprint density at radius 1 is 1.28 bits per heavy atom. The summed E-state index contributed by atoms with van der Waals surface area (Å²) in [5.74, 6) is -2.28. The highest BCUT2D eigenvalue weighted by Gasteiger charge is 2.50. The van der Waals surface area contributed by atoms with Crippen molar-refractivity contribution in [2.45, 2.75) is 43.7 Å². The number of carboxylic acid groups (broad SMARTS) is 1. The Morgan fingerprint density at radius 3 is 2.17 bits per heavy atom. The van der Waals surface area contributed by atoms with E-state index in [1.54, 1.807) is 6.92 Å². The Balaban J connectivity index is 2.75. The fourth-order valence-corrected chi connectivity index (χ4v) is 1.91. The number of esters is 1. The summed E-state index contributed by atoms with van der Waals surface area (Å²) in [6.45, 7) is 1.60. The summed E-state index contributed by atoms with van der Waals surface area (Å²) < 4.78 is 4.80. The molecular formula is C11H16O7. The van der Waals surface area contributed by atoms with E-state index in [1.807, 2.05) is 0 Å². The summed E-state index contributed by atoms with van der Waals surface area (Å²) in [6.07, 6.45) is -2.60. The molecular weight excluding hydrogens is 244 g/mol. The first-order valence-corrected chi connectivity index (χ1v) is 5.45. The van der Waals surface area contributed by atoms with Gasteiger partial charge in [-0.25, -0.2) is 9.59 Å². The van der Waals surface area contributed by atoms with Crippen LogP contribution in [0.1, 0.15) is 19.8 Å². The van der Waals surface area contributed by atoms with Crippen LogP contribution < -0.4 is 0 Å². The number of aliphatic hydroxyl groups excluding tert-OH is 2. The Hall–Kier alpha value is -1.44. The highest BCUT2D eigenvalue weighted by Crippen LogP contribution is 2.31. The molecule has 0 aromatic rings. The third-order valence-corrected chi connectivity index (χ3v) is 2.81. The first-order chi connectivity index (χ1) is 8.30. The summed E-state index contributed by atoms with van der Waals surface area (Å²) in [6, 6.07) is 0. The van der Waals surface area contributed by atoms with Gasteiger partial charge in [-0.05, 0) is 6.92 Å². The van der Waals surface area contributed by atoms with Crippen molar-refractivity contribution in [2.24, 2.45) is 0 Å². The molecule has 0 unspecified atom stereocenters. The van der Waals surface area contributed by atoms with E-state index in [9.17, 15) is 24.9 Å². The number of hydrogen-bond acceptors (Lipinski definition) is 6. The predicted octanol–water partition coefficient (Wildman–Crippen LogP) is -1.19.